The van der Waals surface area contributed by atoms with Gasteiger partial charge in [-0.1, -0.05) is 60.3 Å². The van der Waals surface area contributed by atoms with Gasteiger partial charge in [0, 0.05) is 6.04 Å². The van der Waals surface area contributed by atoms with Crippen LogP contribution in [0.4, 0.5) is 5.69 Å². The largest absolute Gasteiger partial charge is 0.349 e. The molecule has 0 radical (unpaired) electrons. The lowest BCUT2D eigenvalue weighted by Gasteiger charge is -2.12. The Balaban J connectivity index is 1.30. The minimum atomic E-state index is -0.205. The van der Waals surface area contributed by atoms with Gasteiger partial charge in [-0.2, -0.15) is 0 Å². The Hall–Kier alpha value is -3.43. The molecule has 2 aromatic carbocycles. The van der Waals surface area contributed by atoms with Crippen LogP contribution in [0.15, 0.2) is 77.3 Å². The van der Waals surface area contributed by atoms with Gasteiger partial charge >= 0.3 is 0 Å². The molecule has 1 aliphatic carbocycles. The van der Waals surface area contributed by atoms with Gasteiger partial charge in [0.25, 0.3) is 5.91 Å². The van der Waals surface area contributed by atoms with Gasteiger partial charge in [-0.3, -0.25) is 14.2 Å². The van der Waals surface area contributed by atoms with Crippen LogP contribution in [-0.4, -0.2) is 38.4 Å². The number of para-hydroxylation sites is 1. The Bertz CT molecular complexity index is 1280. The number of aromatic nitrogens is 3. The van der Waals surface area contributed by atoms with E-state index >= 15 is 0 Å². The van der Waals surface area contributed by atoms with Gasteiger partial charge in [-0.25, -0.2) is 0 Å². The molecule has 0 aliphatic heterocycles. The maximum atomic E-state index is 12.8. The molecule has 2 heterocycles. The van der Waals surface area contributed by atoms with E-state index in [2.05, 4.69) is 33.0 Å². The van der Waals surface area contributed by atoms with E-state index in [1.165, 1.54) is 11.8 Å². The summed E-state index contributed by atoms with van der Waals surface area (Å²) >= 11 is 2.93. The van der Waals surface area contributed by atoms with Gasteiger partial charge in [0.2, 0.25) is 5.91 Å². The lowest BCUT2D eigenvalue weighted by Crippen LogP contribution is -2.27. The quantitative estimate of drug-likeness (QED) is 0.333. The lowest BCUT2D eigenvalue weighted by atomic mass is 10.1. The van der Waals surface area contributed by atoms with Gasteiger partial charge < -0.3 is 10.6 Å². The Morgan fingerprint density at radius 3 is 2.56 bits per heavy atom. The highest BCUT2D eigenvalue weighted by Gasteiger charge is 2.25. The molecular formula is C25H23N5O2S2. The predicted octanol–water partition coefficient (Wildman–Crippen LogP) is 4.68. The molecule has 34 heavy (non-hydrogen) atoms. The molecule has 1 saturated carbocycles. The smallest absolute Gasteiger partial charge is 0.253 e. The van der Waals surface area contributed by atoms with E-state index in [0.29, 0.717) is 23.0 Å². The van der Waals surface area contributed by atoms with Gasteiger partial charge in [-0.15, -0.1) is 21.5 Å². The summed E-state index contributed by atoms with van der Waals surface area (Å²) in [5, 5.41) is 17.3. The van der Waals surface area contributed by atoms with Crippen molar-refractivity contribution in [3.05, 3.63) is 83.2 Å². The number of carbonyl (C=O) groups excluding carboxylic acids is 2. The Morgan fingerprint density at radius 2 is 1.79 bits per heavy atom. The molecule has 0 saturated heterocycles. The molecule has 4 aromatic rings. The summed E-state index contributed by atoms with van der Waals surface area (Å²) in [5.74, 6) is 0.567. The SMILES string of the molecule is O=C(CSc1nnc(-c2cccs2)n1Cc1ccccc1)Nc1ccccc1C(=O)NC1CC1. The first-order chi connectivity index (χ1) is 16.7. The number of carbonyl (C=O) groups is 2. The molecule has 0 bridgehead atoms. The fraction of sp³-hybridized carbons (Fsp3) is 0.200. The average molecular weight is 490 g/mol. The molecule has 9 heteroatoms. The first kappa shape index (κ1) is 22.4. The molecule has 2 amide bonds. The number of thiophene rings is 1. The van der Waals surface area contributed by atoms with Gasteiger partial charge in [0.1, 0.15) is 0 Å². The fourth-order valence-corrected chi connectivity index (χ4v) is 4.94. The molecule has 172 valence electrons. The zero-order chi connectivity index (χ0) is 23.3. The Morgan fingerprint density at radius 1 is 1.00 bits per heavy atom. The number of amides is 2. The van der Waals surface area contributed by atoms with Gasteiger partial charge in [0.15, 0.2) is 11.0 Å². The van der Waals surface area contributed by atoms with Crippen LogP contribution < -0.4 is 10.6 Å². The van der Waals surface area contributed by atoms with E-state index in [1.807, 2.05) is 40.3 Å². The molecule has 2 N–H and O–H groups in total. The predicted molar refractivity (Wildman–Crippen MR) is 135 cm³/mol. The van der Waals surface area contributed by atoms with E-state index in [-0.39, 0.29) is 23.6 Å². The molecule has 1 fully saturated rings. The number of thioether (sulfide) groups is 1. The van der Waals surface area contributed by atoms with Crippen LogP contribution in [0.2, 0.25) is 0 Å². The standard InChI is InChI=1S/C25H23N5O2S2/c31-22(27-20-10-5-4-9-19(20)24(32)26-18-12-13-18)16-34-25-29-28-23(21-11-6-14-33-21)30(25)15-17-7-2-1-3-8-17/h1-11,14,18H,12-13,15-16H2,(H,26,32)(H,27,31). The van der Waals surface area contributed by atoms with E-state index in [1.54, 1.807) is 35.6 Å². The maximum Gasteiger partial charge on any atom is 0.253 e. The van der Waals surface area contributed by atoms with Crippen LogP contribution in [0, 0.1) is 0 Å². The first-order valence-corrected chi connectivity index (χ1v) is 12.9. The van der Waals surface area contributed by atoms with Crippen molar-refractivity contribution in [1.82, 2.24) is 20.1 Å². The summed E-state index contributed by atoms with van der Waals surface area (Å²) in [4.78, 5) is 26.3. The minimum absolute atomic E-state index is 0.149. The lowest BCUT2D eigenvalue weighted by molar-refractivity contribution is -0.113. The molecule has 5 rings (SSSR count). The average Bonchev–Trinajstić information content (AvgIpc) is 3.33. The number of rotatable bonds is 9. The number of hydrogen-bond acceptors (Lipinski definition) is 6. The van der Waals surface area contributed by atoms with Crippen molar-refractivity contribution in [1.29, 1.82) is 0 Å². The van der Waals surface area contributed by atoms with Crippen LogP contribution in [0.1, 0.15) is 28.8 Å². The normalized spacial score (nSPS) is 12.9. The Labute approximate surface area is 205 Å². The Kier molecular flexibility index (Phi) is 6.73. The van der Waals surface area contributed by atoms with E-state index in [0.717, 1.165) is 29.1 Å². The summed E-state index contributed by atoms with van der Waals surface area (Å²) < 4.78 is 2.04. The van der Waals surface area contributed by atoms with Crippen molar-refractivity contribution in [2.24, 2.45) is 0 Å². The summed E-state index contributed by atoms with van der Waals surface area (Å²) in [5.41, 5.74) is 2.11. The van der Waals surface area contributed by atoms with Gasteiger partial charge in [0.05, 0.1) is 28.4 Å². The molecule has 0 atom stereocenters. The van der Waals surface area contributed by atoms with Crippen molar-refractivity contribution in [2.75, 3.05) is 11.1 Å². The third-order valence-electron chi connectivity index (χ3n) is 5.33. The third kappa shape index (κ3) is 5.37. The number of benzene rings is 2. The summed E-state index contributed by atoms with van der Waals surface area (Å²) in [6, 6.07) is 21.4. The maximum absolute atomic E-state index is 12.8. The second-order valence-electron chi connectivity index (χ2n) is 7.99. The van der Waals surface area contributed by atoms with Crippen LogP contribution in [0.25, 0.3) is 10.7 Å². The van der Waals surface area contributed by atoms with E-state index in [9.17, 15) is 9.59 Å². The van der Waals surface area contributed by atoms with Crippen molar-refractivity contribution in [3.63, 3.8) is 0 Å². The van der Waals surface area contributed by atoms with Crippen molar-refractivity contribution < 1.29 is 9.59 Å². The molecule has 0 unspecified atom stereocenters. The fourth-order valence-electron chi connectivity index (χ4n) is 3.49. The zero-order valence-electron chi connectivity index (χ0n) is 18.3. The zero-order valence-corrected chi connectivity index (χ0v) is 19.9. The van der Waals surface area contributed by atoms with Crippen molar-refractivity contribution in [2.45, 2.75) is 30.6 Å². The number of nitrogens with zero attached hydrogens (tertiary/aromatic N) is 3. The van der Waals surface area contributed by atoms with Crippen LogP contribution >= 0.6 is 23.1 Å². The highest BCUT2D eigenvalue weighted by atomic mass is 32.2. The molecule has 7 nitrogen and oxygen atoms in total. The third-order valence-corrected chi connectivity index (χ3v) is 7.17. The van der Waals surface area contributed by atoms with Crippen molar-refractivity contribution in [3.8, 4) is 10.7 Å². The van der Waals surface area contributed by atoms with E-state index < -0.39 is 0 Å². The molecule has 1 aliphatic rings. The van der Waals surface area contributed by atoms with Crippen molar-refractivity contribution >= 4 is 40.6 Å². The number of hydrogen-bond donors (Lipinski definition) is 2. The summed E-state index contributed by atoms with van der Waals surface area (Å²) in [6.45, 7) is 0.606. The number of anilines is 1. The van der Waals surface area contributed by atoms with Crippen LogP contribution in [0.5, 0.6) is 0 Å². The molecule has 0 spiro atoms. The molecular weight excluding hydrogens is 466 g/mol. The van der Waals surface area contributed by atoms with Crippen LogP contribution in [0.3, 0.4) is 0 Å². The highest BCUT2D eigenvalue weighted by molar-refractivity contribution is 7.99. The summed E-state index contributed by atoms with van der Waals surface area (Å²) in [6.07, 6.45) is 2.02. The summed E-state index contributed by atoms with van der Waals surface area (Å²) in [7, 11) is 0. The van der Waals surface area contributed by atoms with E-state index in [4.69, 9.17) is 0 Å². The van der Waals surface area contributed by atoms with Gasteiger partial charge in [-0.05, 0) is 42.0 Å². The monoisotopic (exact) mass is 489 g/mol. The first-order valence-electron chi connectivity index (χ1n) is 11.0. The highest BCUT2D eigenvalue weighted by Crippen LogP contribution is 2.28. The topological polar surface area (TPSA) is 88.9 Å². The van der Waals surface area contributed by atoms with Crippen LogP contribution in [-0.2, 0) is 11.3 Å². The second kappa shape index (κ2) is 10.2. The number of nitrogens with one attached hydrogen (secondary N) is 2. The minimum Gasteiger partial charge on any atom is -0.349 e. The second-order valence-corrected chi connectivity index (χ2v) is 9.88. The molecule has 2 aromatic heterocycles.